The topological polar surface area (TPSA) is 51.0 Å². The molecule has 5 nitrogen and oxygen atoms in total. The van der Waals surface area contributed by atoms with Crippen LogP contribution >= 0.6 is 0 Å². The van der Waals surface area contributed by atoms with Crippen LogP contribution < -0.4 is 0 Å². The molecule has 1 fully saturated rings. The van der Waals surface area contributed by atoms with E-state index in [4.69, 9.17) is 0 Å². The van der Waals surface area contributed by atoms with Gasteiger partial charge in [-0.3, -0.25) is 4.79 Å². The summed E-state index contributed by atoms with van der Waals surface area (Å²) in [5.41, 5.74) is 0.422. The molecular weight excluding hydrogens is 216 g/mol. The molecule has 5 heteroatoms. The van der Waals surface area contributed by atoms with E-state index in [1.165, 1.54) is 13.0 Å². The second-order valence-corrected chi connectivity index (χ2v) is 5.19. The Balaban J connectivity index is 1.99. The Morgan fingerprint density at radius 1 is 1.59 bits per heavy atom. The second kappa shape index (κ2) is 5.40. The van der Waals surface area contributed by atoms with E-state index in [0.29, 0.717) is 17.7 Å². The lowest BCUT2D eigenvalue weighted by molar-refractivity contribution is 0.111. The van der Waals surface area contributed by atoms with Crippen molar-refractivity contribution >= 4 is 6.29 Å². The van der Waals surface area contributed by atoms with Crippen molar-refractivity contribution in [1.82, 2.24) is 19.9 Å². The predicted octanol–water partition coefficient (Wildman–Crippen LogP) is 1.38. The third-order valence-electron chi connectivity index (χ3n) is 3.13. The van der Waals surface area contributed by atoms with Crippen molar-refractivity contribution in [3.63, 3.8) is 0 Å². The standard InChI is InChI=1S/C12H20N4O/c1-10(2)6-15-5-3-4-12(8-15)16-7-11(9-17)13-14-16/h7,9-10,12H,3-6,8H2,1-2H3. The Hall–Kier alpha value is -1.23. The fourth-order valence-electron chi connectivity index (χ4n) is 2.45. The summed E-state index contributed by atoms with van der Waals surface area (Å²) in [4.78, 5) is 13.1. The molecule has 0 N–H and O–H groups in total. The molecule has 1 aliphatic rings. The average molecular weight is 236 g/mol. The molecule has 0 spiro atoms. The van der Waals surface area contributed by atoms with Crippen LogP contribution in [0.5, 0.6) is 0 Å². The molecule has 2 rings (SSSR count). The van der Waals surface area contributed by atoms with E-state index in [-0.39, 0.29) is 0 Å². The highest BCUT2D eigenvalue weighted by Gasteiger charge is 2.22. The van der Waals surface area contributed by atoms with Crippen molar-refractivity contribution in [3.8, 4) is 0 Å². The maximum absolute atomic E-state index is 10.6. The zero-order valence-electron chi connectivity index (χ0n) is 10.5. The zero-order valence-corrected chi connectivity index (χ0v) is 10.5. The predicted molar refractivity (Wildman–Crippen MR) is 65.0 cm³/mol. The number of piperidine rings is 1. The highest BCUT2D eigenvalue weighted by molar-refractivity contribution is 5.70. The van der Waals surface area contributed by atoms with Gasteiger partial charge < -0.3 is 4.90 Å². The zero-order chi connectivity index (χ0) is 12.3. The maximum Gasteiger partial charge on any atom is 0.171 e. The van der Waals surface area contributed by atoms with E-state index in [2.05, 4.69) is 29.1 Å². The van der Waals surface area contributed by atoms with Crippen LogP contribution in [-0.2, 0) is 0 Å². The van der Waals surface area contributed by atoms with Crippen molar-refractivity contribution in [3.05, 3.63) is 11.9 Å². The number of carbonyl (C=O) groups is 1. The summed E-state index contributed by atoms with van der Waals surface area (Å²) in [5.74, 6) is 0.690. The van der Waals surface area contributed by atoms with Crippen molar-refractivity contribution in [2.24, 2.45) is 5.92 Å². The van der Waals surface area contributed by atoms with Crippen molar-refractivity contribution in [2.75, 3.05) is 19.6 Å². The molecule has 94 valence electrons. The van der Waals surface area contributed by atoms with Gasteiger partial charge >= 0.3 is 0 Å². The first-order valence-electron chi connectivity index (χ1n) is 6.28. The third-order valence-corrected chi connectivity index (χ3v) is 3.13. The van der Waals surface area contributed by atoms with E-state index in [0.717, 1.165) is 25.8 Å². The maximum atomic E-state index is 10.6. The van der Waals surface area contributed by atoms with Crippen LogP contribution in [0.25, 0.3) is 0 Å². The summed E-state index contributed by atoms with van der Waals surface area (Å²) in [6.45, 7) is 7.79. The minimum atomic E-state index is 0.365. The van der Waals surface area contributed by atoms with E-state index in [9.17, 15) is 4.79 Å². The van der Waals surface area contributed by atoms with Crippen molar-refractivity contribution in [2.45, 2.75) is 32.7 Å². The third kappa shape index (κ3) is 3.12. The van der Waals surface area contributed by atoms with Crippen LogP contribution in [0.2, 0.25) is 0 Å². The monoisotopic (exact) mass is 236 g/mol. The summed E-state index contributed by atoms with van der Waals surface area (Å²) in [5, 5.41) is 7.86. The molecule has 0 aliphatic carbocycles. The molecule has 0 bridgehead atoms. The average Bonchev–Trinajstić information content (AvgIpc) is 2.77. The molecule has 17 heavy (non-hydrogen) atoms. The lowest BCUT2D eigenvalue weighted by Gasteiger charge is -2.33. The Morgan fingerprint density at radius 3 is 3.06 bits per heavy atom. The van der Waals surface area contributed by atoms with Crippen LogP contribution in [0.3, 0.4) is 0 Å². The quantitative estimate of drug-likeness (QED) is 0.741. The summed E-state index contributed by atoms with van der Waals surface area (Å²) in [6.07, 6.45) is 4.80. The first-order chi connectivity index (χ1) is 8.19. The molecule has 0 saturated carbocycles. The molecule has 0 radical (unpaired) electrons. The Bertz CT molecular complexity index is 374. The molecular formula is C12H20N4O. The van der Waals surface area contributed by atoms with Gasteiger partial charge in [-0.1, -0.05) is 19.1 Å². The van der Waals surface area contributed by atoms with Gasteiger partial charge in [0.1, 0.15) is 5.69 Å². The molecule has 1 aromatic rings. The molecule has 1 aliphatic heterocycles. The van der Waals surface area contributed by atoms with Gasteiger partial charge in [-0.15, -0.1) is 5.10 Å². The smallest absolute Gasteiger partial charge is 0.171 e. The molecule has 2 heterocycles. The van der Waals surface area contributed by atoms with Crippen LogP contribution in [0.1, 0.15) is 43.2 Å². The van der Waals surface area contributed by atoms with E-state index in [1.54, 1.807) is 6.20 Å². The number of hydrogen-bond donors (Lipinski definition) is 0. The van der Waals surface area contributed by atoms with Gasteiger partial charge in [-0.2, -0.15) is 0 Å². The molecule has 1 saturated heterocycles. The number of hydrogen-bond acceptors (Lipinski definition) is 4. The van der Waals surface area contributed by atoms with Crippen LogP contribution in [0.4, 0.5) is 0 Å². The van der Waals surface area contributed by atoms with Gasteiger partial charge in [0.25, 0.3) is 0 Å². The van der Waals surface area contributed by atoms with Gasteiger partial charge in [0, 0.05) is 13.1 Å². The number of carbonyl (C=O) groups excluding carboxylic acids is 1. The van der Waals surface area contributed by atoms with Gasteiger partial charge in [0.2, 0.25) is 0 Å². The summed E-state index contributed by atoms with van der Waals surface area (Å²) in [7, 11) is 0. The van der Waals surface area contributed by atoms with Crippen molar-refractivity contribution in [1.29, 1.82) is 0 Å². The molecule has 1 atom stereocenters. The number of aromatic nitrogens is 3. The number of rotatable bonds is 4. The number of aldehydes is 1. The number of likely N-dealkylation sites (tertiary alicyclic amines) is 1. The fraction of sp³-hybridized carbons (Fsp3) is 0.750. The summed E-state index contributed by atoms with van der Waals surface area (Å²) < 4.78 is 1.84. The first kappa shape index (κ1) is 12.2. The van der Waals surface area contributed by atoms with Crippen LogP contribution in [0, 0.1) is 5.92 Å². The Kier molecular flexibility index (Phi) is 3.89. The van der Waals surface area contributed by atoms with Crippen LogP contribution in [-0.4, -0.2) is 45.8 Å². The highest BCUT2D eigenvalue weighted by Crippen LogP contribution is 2.21. The van der Waals surface area contributed by atoms with Gasteiger partial charge in [0.15, 0.2) is 6.29 Å². The summed E-state index contributed by atoms with van der Waals surface area (Å²) in [6, 6.07) is 0.365. The SMILES string of the molecule is CC(C)CN1CCCC(n2cc(C=O)nn2)C1. The molecule has 0 amide bonds. The Morgan fingerprint density at radius 2 is 2.41 bits per heavy atom. The van der Waals surface area contributed by atoms with Crippen LogP contribution in [0.15, 0.2) is 6.20 Å². The van der Waals surface area contributed by atoms with E-state index in [1.807, 2.05) is 4.68 Å². The Labute approximate surface area is 102 Å². The lowest BCUT2D eigenvalue weighted by atomic mass is 10.0. The molecule has 1 unspecified atom stereocenters. The largest absolute Gasteiger partial charge is 0.301 e. The highest BCUT2D eigenvalue weighted by atomic mass is 16.1. The normalized spacial score (nSPS) is 21.9. The molecule has 1 aromatic heterocycles. The van der Waals surface area contributed by atoms with Gasteiger partial charge in [-0.05, 0) is 25.3 Å². The lowest BCUT2D eigenvalue weighted by Crippen LogP contribution is -2.38. The second-order valence-electron chi connectivity index (χ2n) is 5.19. The van der Waals surface area contributed by atoms with E-state index < -0.39 is 0 Å². The van der Waals surface area contributed by atoms with Crippen molar-refractivity contribution < 1.29 is 4.79 Å². The minimum Gasteiger partial charge on any atom is -0.301 e. The fourth-order valence-corrected chi connectivity index (χ4v) is 2.45. The minimum absolute atomic E-state index is 0.365. The van der Waals surface area contributed by atoms with Gasteiger partial charge in [0.05, 0.1) is 12.2 Å². The molecule has 0 aromatic carbocycles. The van der Waals surface area contributed by atoms with Gasteiger partial charge in [-0.25, -0.2) is 4.68 Å². The first-order valence-corrected chi connectivity index (χ1v) is 6.28. The number of nitrogens with zero attached hydrogens (tertiary/aromatic N) is 4. The summed E-state index contributed by atoms with van der Waals surface area (Å²) >= 11 is 0. The van der Waals surface area contributed by atoms with E-state index >= 15 is 0 Å².